The largest absolute Gasteiger partial charge is 0.453 e. The third kappa shape index (κ3) is 9.14. The van der Waals surface area contributed by atoms with Crippen LogP contribution in [0.15, 0.2) is 77.7 Å². The molecule has 0 unspecified atom stereocenters. The van der Waals surface area contributed by atoms with Crippen LogP contribution in [0.5, 0.6) is 0 Å². The molecule has 3 aromatic rings. The van der Waals surface area contributed by atoms with Gasteiger partial charge in [-0.15, -0.1) is 11.8 Å². The topological polar surface area (TPSA) is 123 Å². The summed E-state index contributed by atoms with van der Waals surface area (Å²) in [5, 5.41) is 15.1. The first-order chi connectivity index (χ1) is 20.6. The normalized spacial score (nSPS) is 20.6. The summed E-state index contributed by atoms with van der Waals surface area (Å²) in [4.78, 5) is 35.7. The van der Waals surface area contributed by atoms with Crippen LogP contribution in [0.25, 0.3) is 0 Å². The quantitative estimate of drug-likeness (QED) is 0.199. The number of anilines is 1. The molecule has 4 rings (SSSR count). The van der Waals surface area contributed by atoms with Gasteiger partial charge in [0.2, 0.25) is 5.91 Å². The summed E-state index contributed by atoms with van der Waals surface area (Å²) in [5.74, 6) is -0.256. The summed E-state index contributed by atoms with van der Waals surface area (Å²) in [6.45, 7) is 6.66. The van der Waals surface area contributed by atoms with Crippen LogP contribution in [0, 0.1) is 5.92 Å². The molecule has 1 aliphatic rings. The van der Waals surface area contributed by atoms with E-state index in [2.05, 4.69) is 17.6 Å². The number of carbonyl (C=O) groups is 3. The van der Waals surface area contributed by atoms with Gasteiger partial charge < -0.3 is 30.0 Å². The average Bonchev–Trinajstić information content (AvgIpc) is 3.00. The monoisotopic (exact) mass is 606 g/mol. The molecule has 43 heavy (non-hydrogen) atoms. The van der Waals surface area contributed by atoms with E-state index < -0.39 is 18.4 Å². The zero-order valence-corrected chi connectivity index (χ0v) is 25.6. The lowest BCUT2D eigenvalue weighted by Gasteiger charge is -2.41. The van der Waals surface area contributed by atoms with Crippen LogP contribution in [0.4, 0.5) is 5.69 Å². The van der Waals surface area contributed by atoms with Gasteiger partial charge in [-0.1, -0.05) is 55.5 Å². The number of aliphatic hydroxyl groups is 1. The number of thioether (sulfide) groups is 1. The molecule has 1 heterocycles. The number of hydrogen-bond acceptors (Lipinski definition) is 8. The molecular formula is C33H38N2O7S. The van der Waals surface area contributed by atoms with Crippen LogP contribution in [0.2, 0.25) is 0 Å². The Morgan fingerprint density at radius 2 is 1.53 bits per heavy atom. The SMILES string of the molecule is CC(=O)Nc1ccc(SC[C@@H]2O[C@H](c3ccc(CNC(=O)[C@H](C)OC(C)=O)cc3)O[C@H](c3ccc(CO)cc3)[C@@H]2C)cc1. The Balaban J connectivity index is 1.47. The smallest absolute Gasteiger partial charge is 0.303 e. The first kappa shape index (κ1) is 32.2. The molecule has 1 saturated heterocycles. The second-order valence-corrected chi connectivity index (χ2v) is 11.6. The first-order valence-electron chi connectivity index (χ1n) is 14.2. The fraction of sp³-hybridized carbons (Fsp3) is 0.364. The standard InChI is InChI=1S/C33H38N2O7S/c1-20-30(19-43-29-15-13-28(14-16-29)35-22(3)37)41-33(42-31(20)26-9-7-25(18-36)8-10-26)27-11-5-24(6-12-27)17-34-32(39)21(2)40-23(4)38/h5-16,20-21,30-31,33,36H,17-19H2,1-4H3,(H,34,39)(H,35,37)/t20-,21+,30+,31+,33+/m1/s1. The fourth-order valence-electron chi connectivity index (χ4n) is 4.75. The highest BCUT2D eigenvalue weighted by atomic mass is 32.2. The van der Waals surface area contributed by atoms with Crippen LogP contribution in [0.3, 0.4) is 0 Å². The van der Waals surface area contributed by atoms with Crippen molar-refractivity contribution in [2.24, 2.45) is 5.92 Å². The van der Waals surface area contributed by atoms with E-state index in [9.17, 15) is 19.5 Å². The molecule has 1 fully saturated rings. The molecule has 2 amide bonds. The average molecular weight is 607 g/mol. The fourth-order valence-corrected chi connectivity index (χ4v) is 5.82. The Kier molecular flexibility index (Phi) is 11.4. The minimum Gasteiger partial charge on any atom is -0.453 e. The summed E-state index contributed by atoms with van der Waals surface area (Å²) < 4.78 is 18.0. The Labute approximate surface area is 256 Å². The van der Waals surface area contributed by atoms with Gasteiger partial charge in [-0.05, 0) is 47.9 Å². The molecule has 5 atom stereocenters. The van der Waals surface area contributed by atoms with Crippen molar-refractivity contribution in [3.05, 3.63) is 95.1 Å². The number of amides is 2. The third-order valence-corrected chi connectivity index (χ3v) is 8.24. The van der Waals surface area contributed by atoms with Crippen LogP contribution < -0.4 is 10.6 Å². The van der Waals surface area contributed by atoms with Crippen molar-refractivity contribution < 1.29 is 33.7 Å². The molecule has 3 aromatic carbocycles. The zero-order chi connectivity index (χ0) is 30.9. The van der Waals surface area contributed by atoms with Gasteiger partial charge in [0.05, 0.1) is 18.8 Å². The molecular weight excluding hydrogens is 568 g/mol. The highest BCUT2D eigenvalue weighted by Crippen LogP contribution is 2.43. The van der Waals surface area contributed by atoms with Gasteiger partial charge in [-0.2, -0.15) is 0 Å². The summed E-state index contributed by atoms with van der Waals surface area (Å²) in [6, 6.07) is 23.2. The van der Waals surface area contributed by atoms with Gasteiger partial charge in [0.1, 0.15) is 0 Å². The van der Waals surface area contributed by atoms with Crippen molar-refractivity contribution in [2.75, 3.05) is 11.1 Å². The minimum absolute atomic E-state index is 0.0252. The van der Waals surface area contributed by atoms with Crippen LogP contribution >= 0.6 is 11.8 Å². The van der Waals surface area contributed by atoms with Gasteiger partial charge >= 0.3 is 5.97 Å². The predicted octanol–water partition coefficient (Wildman–Crippen LogP) is 5.29. The molecule has 228 valence electrons. The number of esters is 1. The van der Waals surface area contributed by atoms with Crippen molar-refractivity contribution in [3.8, 4) is 0 Å². The molecule has 0 spiro atoms. The van der Waals surface area contributed by atoms with Crippen LogP contribution in [-0.4, -0.2) is 40.9 Å². The molecule has 1 aliphatic heterocycles. The third-order valence-electron chi connectivity index (χ3n) is 7.14. The minimum atomic E-state index is -0.865. The Bertz CT molecular complexity index is 1380. The second-order valence-electron chi connectivity index (χ2n) is 10.5. The summed E-state index contributed by atoms with van der Waals surface area (Å²) >= 11 is 1.68. The molecule has 10 heteroatoms. The summed E-state index contributed by atoms with van der Waals surface area (Å²) in [7, 11) is 0. The lowest BCUT2D eigenvalue weighted by atomic mass is 9.91. The van der Waals surface area contributed by atoms with Gasteiger partial charge in [-0.3, -0.25) is 14.4 Å². The van der Waals surface area contributed by atoms with Crippen molar-refractivity contribution in [1.29, 1.82) is 0 Å². The summed E-state index contributed by atoms with van der Waals surface area (Å²) in [5.41, 5.74) is 4.32. The maximum absolute atomic E-state index is 12.2. The number of nitrogens with one attached hydrogen (secondary N) is 2. The lowest BCUT2D eigenvalue weighted by Crippen LogP contribution is -2.38. The molecule has 0 saturated carbocycles. The van der Waals surface area contributed by atoms with Gasteiger partial charge in [0.25, 0.3) is 5.91 Å². The number of ether oxygens (including phenoxy) is 3. The maximum Gasteiger partial charge on any atom is 0.303 e. The number of hydrogen-bond donors (Lipinski definition) is 3. The second kappa shape index (κ2) is 15.2. The molecule has 0 radical (unpaired) electrons. The highest BCUT2D eigenvalue weighted by molar-refractivity contribution is 7.99. The van der Waals surface area contributed by atoms with E-state index in [0.717, 1.165) is 32.8 Å². The molecule has 0 bridgehead atoms. The van der Waals surface area contributed by atoms with Crippen molar-refractivity contribution >= 4 is 35.2 Å². The van der Waals surface area contributed by atoms with E-state index in [4.69, 9.17) is 14.2 Å². The van der Waals surface area contributed by atoms with Crippen molar-refractivity contribution in [1.82, 2.24) is 5.32 Å². The van der Waals surface area contributed by atoms with Gasteiger partial charge in [-0.25, -0.2) is 0 Å². The summed E-state index contributed by atoms with van der Waals surface area (Å²) in [6.07, 6.45) is -1.85. The predicted molar refractivity (Wildman–Crippen MR) is 164 cm³/mol. The Hall–Kier alpha value is -3.70. The number of benzene rings is 3. The molecule has 3 N–H and O–H groups in total. The van der Waals surface area contributed by atoms with E-state index in [1.165, 1.54) is 20.8 Å². The maximum atomic E-state index is 12.2. The van der Waals surface area contributed by atoms with E-state index in [1.54, 1.807) is 11.8 Å². The van der Waals surface area contributed by atoms with Gasteiger partial charge in [0.15, 0.2) is 12.4 Å². The zero-order valence-electron chi connectivity index (χ0n) is 24.7. The van der Waals surface area contributed by atoms with E-state index in [0.29, 0.717) is 5.75 Å². The van der Waals surface area contributed by atoms with Crippen LogP contribution in [0.1, 0.15) is 62.3 Å². The van der Waals surface area contributed by atoms with Crippen LogP contribution in [-0.2, 0) is 41.7 Å². The lowest BCUT2D eigenvalue weighted by molar-refractivity contribution is -0.268. The number of aliphatic hydroxyl groups excluding tert-OH is 1. The highest BCUT2D eigenvalue weighted by Gasteiger charge is 2.38. The first-order valence-corrected chi connectivity index (χ1v) is 15.2. The Morgan fingerprint density at radius 1 is 0.907 bits per heavy atom. The molecule has 0 aliphatic carbocycles. The van der Waals surface area contributed by atoms with Crippen molar-refractivity contribution in [3.63, 3.8) is 0 Å². The molecule has 9 nitrogen and oxygen atoms in total. The number of carbonyl (C=O) groups excluding carboxylic acids is 3. The molecule has 0 aromatic heterocycles. The Morgan fingerprint density at radius 3 is 2.14 bits per heavy atom. The van der Waals surface area contributed by atoms with E-state index >= 15 is 0 Å². The van der Waals surface area contributed by atoms with E-state index in [-0.39, 0.29) is 43.1 Å². The van der Waals surface area contributed by atoms with Gasteiger partial charge in [0, 0.05) is 48.2 Å². The number of rotatable bonds is 11. The van der Waals surface area contributed by atoms with Crippen molar-refractivity contribution in [2.45, 2.75) is 70.3 Å². The van der Waals surface area contributed by atoms with E-state index in [1.807, 2.05) is 72.8 Å².